The van der Waals surface area contributed by atoms with Crippen molar-refractivity contribution >= 4 is 22.8 Å². The first-order valence-corrected chi connectivity index (χ1v) is 18.2. The topological polar surface area (TPSA) is 49.4 Å². The second-order valence-corrected chi connectivity index (χ2v) is 12.8. The van der Waals surface area contributed by atoms with Crippen molar-refractivity contribution in [1.29, 1.82) is 0 Å². The average molecular weight is 599 g/mol. The molecule has 4 nitrogen and oxygen atoms in total. The van der Waals surface area contributed by atoms with Gasteiger partial charge in [0.15, 0.2) is 0 Å². The van der Waals surface area contributed by atoms with Crippen LogP contribution in [0.1, 0.15) is 153 Å². The van der Waals surface area contributed by atoms with Gasteiger partial charge in [-0.05, 0) is 86.1 Å². The van der Waals surface area contributed by atoms with Gasteiger partial charge in [-0.15, -0.1) is 0 Å². The zero-order valence-electron chi connectivity index (χ0n) is 28.9. The molecular formula is C40H62N4. The van der Waals surface area contributed by atoms with Crippen LogP contribution in [0.15, 0.2) is 48.0 Å². The smallest absolute Gasteiger partial charge is 0.210 e. The Kier molecular flexibility index (Phi) is 16.3. The molecule has 44 heavy (non-hydrogen) atoms. The maximum Gasteiger partial charge on any atom is 0.210 e. The molecule has 0 fully saturated rings. The summed E-state index contributed by atoms with van der Waals surface area (Å²) >= 11 is 0. The number of allylic oxidation sites excluding steroid dienone is 2. The highest BCUT2D eigenvalue weighted by Gasteiger charge is 2.29. The first-order chi connectivity index (χ1) is 21.5. The van der Waals surface area contributed by atoms with Gasteiger partial charge >= 0.3 is 0 Å². The van der Waals surface area contributed by atoms with Crippen LogP contribution in [0.3, 0.4) is 0 Å². The zero-order chi connectivity index (χ0) is 31.6. The second kappa shape index (κ2) is 20.2. The number of unbranched alkanes of at least 4 members (excludes halogenated alkanes) is 11. The number of hydrogen-bond acceptors (Lipinski definition) is 2. The van der Waals surface area contributed by atoms with E-state index >= 15 is 0 Å². The second-order valence-electron chi connectivity index (χ2n) is 12.8. The molecule has 0 bridgehead atoms. The molecule has 1 aliphatic rings. The third kappa shape index (κ3) is 11.2. The van der Waals surface area contributed by atoms with Crippen LogP contribution in [-0.4, -0.2) is 17.8 Å². The summed E-state index contributed by atoms with van der Waals surface area (Å²) in [5.74, 6) is 0. The summed E-state index contributed by atoms with van der Waals surface area (Å²) in [6.07, 6.45) is 22.9. The minimum absolute atomic E-state index is 0.882. The molecule has 0 radical (unpaired) electrons. The Bertz CT molecular complexity index is 1220. The minimum atomic E-state index is 0.882. The molecule has 0 saturated carbocycles. The molecule has 0 unspecified atom stereocenters. The molecule has 0 amide bonds. The summed E-state index contributed by atoms with van der Waals surface area (Å²) in [7, 11) is 0. The van der Waals surface area contributed by atoms with Gasteiger partial charge in [0, 0.05) is 47.2 Å². The third-order valence-corrected chi connectivity index (χ3v) is 8.94. The van der Waals surface area contributed by atoms with E-state index in [-0.39, 0.29) is 0 Å². The first kappa shape index (κ1) is 35.6. The first-order valence-electron chi connectivity index (χ1n) is 18.2. The predicted molar refractivity (Wildman–Crippen MR) is 193 cm³/mol. The Labute approximate surface area is 270 Å². The lowest BCUT2D eigenvalue weighted by molar-refractivity contribution is -0.344. The lowest BCUT2D eigenvalue weighted by Crippen LogP contribution is -2.07. The van der Waals surface area contributed by atoms with Crippen LogP contribution >= 0.6 is 0 Å². The van der Waals surface area contributed by atoms with Crippen LogP contribution in [0.5, 0.6) is 0 Å². The highest BCUT2D eigenvalue weighted by Crippen LogP contribution is 2.39. The van der Waals surface area contributed by atoms with Crippen molar-refractivity contribution in [2.45, 2.75) is 144 Å². The van der Waals surface area contributed by atoms with Gasteiger partial charge in [0.25, 0.3) is 0 Å². The largest absolute Gasteiger partial charge is 0.493 e. The van der Waals surface area contributed by atoms with E-state index in [1.807, 2.05) is 0 Å². The van der Waals surface area contributed by atoms with Crippen molar-refractivity contribution in [1.82, 2.24) is 0 Å². The van der Waals surface area contributed by atoms with Gasteiger partial charge in [0.1, 0.15) is 0 Å². The fraction of sp³-hybridized carbons (Fsp3) is 0.600. The van der Waals surface area contributed by atoms with Crippen LogP contribution in [0.2, 0.25) is 0 Å². The van der Waals surface area contributed by atoms with Crippen molar-refractivity contribution in [3.63, 3.8) is 0 Å². The van der Waals surface area contributed by atoms with Gasteiger partial charge in [0.2, 0.25) is 11.4 Å². The summed E-state index contributed by atoms with van der Waals surface area (Å²) in [5.41, 5.74) is 22.0. The van der Waals surface area contributed by atoms with Crippen molar-refractivity contribution in [2.24, 2.45) is 0 Å². The Morgan fingerprint density at radius 1 is 0.545 bits per heavy atom. The molecule has 3 rings (SSSR count). The SMILES string of the molecule is CCCCCCCCNc1cc(CC)cc(C2=CC(CCCC)=C(c3cc(CC)cc(NCCCCCCCC)c3)[N+]2=[N-])c1. The van der Waals surface area contributed by atoms with Gasteiger partial charge in [-0.3, -0.25) is 0 Å². The summed E-state index contributed by atoms with van der Waals surface area (Å²) in [6.45, 7) is 13.2. The van der Waals surface area contributed by atoms with E-state index in [4.69, 9.17) is 0 Å². The lowest BCUT2D eigenvalue weighted by atomic mass is 9.99. The van der Waals surface area contributed by atoms with E-state index in [0.29, 0.717) is 0 Å². The highest BCUT2D eigenvalue weighted by molar-refractivity contribution is 5.80. The number of rotatable bonds is 23. The van der Waals surface area contributed by atoms with Gasteiger partial charge in [0.05, 0.1) is 0 Å². The standard InChI is InChI=1S/C40H62N4/c1-6-11-14-16-18-20-23-42-37-27-32(9-4)25-35(29-37)39-31-34(22-13-8-3)40(44(39)41)36-26-33(10-5)28-38(30-36)43-24-21-19-17-15-12-7-2/h25-31,42-43H,6-24H2,1-5H3. The van der Waals surface area contributed by atoms with Gasteiger partial charge in [-0.1, -0.05) is 105 Å². The van der Waals surface area contributed by atoms with Crippen LogP contribution < -0.4 is 10.6 Å². The van der Waals surface area contributed by atoms with E-state index in [2.05, 4.69) is 87.7 Å². The van der Waals surface area contributed by atoms with Crippen LogP contribution in [0, 0.1) is 0 Å². The van der Waals surface area contributed by atoms with Crippen molar-refractivity contribution in [2.75, 3.05) is 23.7 Å². The maximum atomic E-state index is 11.8. The third-order valence-electron chi connectivity index (χ3n) is 8.94. The molecule has 242 valence electrons. The normalized spacial score (nSPS) is 13.1. The number of nitrogens with one attached hydrogen (secondary N) is 2. The Balaban J connectivity index is 1.79. The Hall–Kier alpha value is -2.88. The number of nitrogens with zero attached hydrogens (tertiary/aromatic N) is 2. The lowest BCUT2D eigenvalue weighted by Gasteiger charge is -2.15. The maximum absolute atomic E-state index is 11.8. The molecule has 0 aliphatic carbocycles. The fourth-order valence-corrected chi connectivity index (χ4v) is 6.18. The van der Waals surface area contributed by atoms with Crippen molar-refractivity contribution in [3.8, 4) is 0 Å². The van der Waals surface area contributed by atoms with E-state index in [1.54, 1.807) is 0 Å². The quantitative estimate of drug-likeness (QED) is 0.0987. The highest BCUT2D eigenvalue weighted by atomic mass is 15.2. The number of hydrogen-bond donors (Lipinski definition) is 2. The summed E-state index contributed by atoms with van der Waals surface area (Å²) in [6, 6.07) is 13.5. The molecule has 0 aromatic heterocycles. The van der Waals surface area contributed by atoms with Crippen LogP contribution in [0.25, 0.3) is 16.9 Å². The zero-order valence-corrected chi connectivity index (χ0v) is 28.9. The molecule has 1 heterocycles. The molecule has 4 heteroatoms. The molecular weight excluding hydrogens is 536 g/mol. The summed E-state index contributed by atoms with van der Waals surface area (Å²) < 4.78 is 1.48. The summed E-state index contributed by atoms with van der Waals surface area (Å²) in [4.78, 5) is 0. The minimum Gasteiger partial charge on any atom is -0.493 e. The van der Waals surface area contributed by atoms with E-state index < -0.39 is 0 Å². The van der Waals surface area contributed by atoms with Crippen LogP contribution in [0.4, 0.5) is 11.4 Å². The van der Waals surface area contributed by atoms with Gasteiger partial charge in [-0.25, -0.2) is 4.70 Å². The summed E-state index contributed by atoms with van der Waals surface area (Å²) in [5, 5.41) is 7.39. The van der Waals surface area contributed by atoms with E-state index in [1.165, 1.54) is 98.4 Å². The Morgan fingerprint density at radius 2 is 1.02 bits per heavy atom. The van der Waals surface area contributed by atoms with E-state index in [0.717, 1.165) is 79.1 Å². The van der Waals surface area contributed by atoms with Gasteiger partial charge < -0.3 is 16.2 Å². The predicted octanol–water partition coefficient (Wildman–Crippen LogP) is 12.3. The number of benzene rings is 2. The molecule has 0 saturated heterocycles. The van der Waals surface area contributed by atoms with E-state index in [9.17, 15) is 5.53 Å². The van der Waals surface area contributed by atoms with Gasteiger partial charge in [-0.2, -0.15) is 0 Å². The van der Waals surface area contributed by atoms with Crippen LogP contribution in [-0.2, 0) is 12.8 Å². The fourth-order valence-electron chi connectivity index (χ4n) is 6.18. The molecule has 1 aliphatic heterocycles. The number of aryl methyl sites for hydroxylation is 2. The Morgan fingerprint density at radius 3 is 1.55 bits per heavy atom. The molecule has 2 N–H and O–H groups in total. The molecule has 2 aromatic rings. The van der Waals surface area contributed by atoms with Crippen molar-refractivity contribution < 1.29 is 4.70 Å². The molecule has 2 aromatic carbocycles. The molecule has 0 atom stereocenters. The monoisotopic (exact) mass is 598 g/mol. The number of anilines is 2. The average Bonchev–Trinajstić information content (AvgIpc) is 3.38. The van der Waals surface area contributed by atoms with Crippen molar-refractivity contribution in [3.05, 3.63) is 75.8 Å². The molecule has 0 spiro atoms.